The van der Waals surface area contributed by atoms with Crippen molar-refractivity contribution in [3.63, 3.8) is 0 Å². The van der Waals surface area contributed by atoms with Crippen molar-refractivity contribution in [2.24, 2.45) is 7.05 Å². The molecule has 0 fully saturated rings. The molecule has 0 spiro atoms. The van der Waals surface area contributed by atoms with Crippen LogP contribution in [-0.4, -0.2) is 36.8 Å². The smallest absolute Gasteiger partial charge is 0.239 e. The maximum Gasteiger partial charge on any atom is 0.239 e. The zero-order chi connectivity index (χ0) is 23.4. The number of carbonyl (C=O) groups is 2. The van der Waals surface area contributed by atoms with Crippen molar-refractivity contribution in [1.29, 1.82) is 0 Å². The molecule has 11 heteroatoms. The molecule has 0 aliphatic heterocycles. The molecule has 2 heterocycles. The van der Waals surface area contributed by atoms with Gasteiger partial charge in [-0.3, -0.25) is 9.59 Å². The molecule has 170 valence electrons. The summed E-state index contributed by atoms with van der Waals surface area (Å²) in [5, 5.41) is 15.5. The van der Waals surface area contributed by atoms with Gasteiger partial charge in [0.15, 0.2) is 10.3 Å². The Kier molecular flexibility index (Phi) is 7.91. The summed E-state index contributed by atoms with van der Waals surface area (Å²) in [7, 11) is 1.83. The number of thioether (sulfide) groups is 1. The van der Waals surface area contributed by atoms with Crippen LogP contribution in [0.3, 0.4) is 0 Å². The number of thiazole rings is 1. The minimum Gasteiger partial charge on any atom is -0.326 e. The van der Waals surface area contributed by atoms with Crippen molar-refractivity contribution in [2.45, 2.75) is 50.9 Å². The summed E-state index contributed by atoms with van der Waals surface area (Å²) in [5.74, 6) is 0.386. The number of nitrogens with one attached hydrogen (secondary N) is 2. The number of hydrogen-bond acceptors (Lipinski definition) is 7. The van der Waals surface area contributed by atoms with Crippen LogP contribution < -0.4 is 10.6 Å². The third-order valence-electron chi connectivity index (χ3n) is 4.87. The van der Waals surface area contributed by atoms with Crippen molar-refractivity contribution in [1.82, 2.24) is 19.7 Å². The number of benzene rings is 1. The molecule has 2 aromatic heterocycles. The number of aromatic nitrogens is 4. The van der Waals surface area contributed by atoms with Gasteiger partial charge in [0.25, 0.3) is 0 Å². The van der Waals surface area contributed by atoms with E-state index in [1.54, 1.807) is 6.07 Å². The second-order valence-corrected chi connectivity index (χ2v) is 10.3. The van der Waals surface area contributed by atoms with Gasteiger partial charge in [-0.05, 0) is 45.4 Å². The van der Waals surface area contributed by atoms with Crippen LogP contribution in [0.4, 0.5) is 10.8 Å². The fourth-order valence-electron chi connectivity index (χ4n) is 2.73. The number of nitrogens with zero attached hydrogens (tertiary/aromatic N) is 4. The second kappa shape index (κ2) is 10.5. The average molecular weight is 493 g/mol. The Morgan fingerprint density at radius 3 is 2.62 bits per heavy atom. The Labute approximate surface area is 200 Å². The molecule has 1 unspecified atom stereocenters. The molecule has 2 N–H and O–H groups in total. The van der Waals surface area contributed by atoms with Gasteiger partial charge in [-0.2, -0.15) is 0 Å². The van der Waals surface area contributed by atoms with Crippen molar-refractivity contribution < 1.29 is 9.59 Å². The number of halogens is 1. The van der Waals surface area contributed by atoms with Crippen molar-refractivity contribution >= 4 is 57.3 Å². The average Bonchev–Trinajstić information content (AvgIpc) is 3.24. The van der Waals surface area contributed by atoms with Gasteiger partial charge in [0.1, 0.15) is 5.82 Å². The molecule has 0 bridgehead atoms. The molecule has 2 amide bonds. The van der Waals surface area contributed by atoms with E-state index in [0.717, 1.165) is 16.1 Å². The van der Waals surface area contributed by atoms with Gasteiger partial charge in [-0.15, -0.1) is 21.5 Å². The first kappa shape index (κ1) is 24.2. The molecule has 0 aliphatic carbocycles. The Bertz CT molecular complexity index is 1120. The molecule has 32 heavy (non-hydrogen) atoms. The zero-order valence-corrected chi connectivity index (χ0v) is 20.9. The van der Waals surface area contributed by atoms with Gasteiger partial charge in [-0.25, -0.2) is 4.98 Å². The Balaban J connectivity index is 1.53. The maximum atomic E-state index is 12.5. The molecule has 3 aromatic rings. The van der Waals surface area contributed by atoms with Crippen LogP contribution >= 0.6 is 34.7 Å². The summed E-state index contributed by atoms with van der Waals surface area (Å²) in [6.45, 7) is 7.60. The van der Waals surface area contributed by atoms with Crippen LogP contribution in [0.1, 0.15) is 35.3 Å². The lowest BCUT2D eigenvalue weighted by atomic mass is 10.2. The molecular weight excluding hydrogens is 468 g/mol. The van der Waals surface area contributed by atoms with Crippen LogP contribution in [-0.2, 0) is 23.1 Å². The Morgan fingerprint density at radius 1 is 1.22 bits per heavy atom. The summed E-state index contributed by atoms with van der Waals surface area (Å²) in [4.78, 5) is 30.2. The number of amides is 2. The fraction of sp³-hybridized carbons (Fsp3) is 0.381. The Morgan fingerprint density at radius 2 is 1.97 bits per heavy atom. The highest BCUT2D eigenvalue weighted by Crippen LogP contribution is 2.25. The molecule has 0 saturated carbocycles. The molecule has 0 aliphatic rings. The van der Waals surface area contributed by atoms with E-state index in [0.29, 0.717) is 33.2 Å². The SMILES string of the molecule is Cc1ccc(NC(=O)CCc2nnc(SC(C)C(=O)Nc3nc(C)c(C)s3)n2C)cc1Cl. The van der Waals surface area contributed by atoms with Crippen molar-refractivity contribution in [3.05, 3.63) is 45.2 Å². The van der Waals surface area contributed by atoms with E-state index in [9.17, 15) is 9.59 Å². The molecule has 8 nitrogen and oxygen atoms in total. The van der Waals surface area contributed by atoms with E-state index in [2.05, 4.69) is 25.8 Å². The third kappa shape index (κ3) is 6.08. The van der Waals surface area contributed by atoms with E-state index in [-0.39, 0.29) is 23.5 Å². The van der Waals surface area contributed by atoms with E-state index >= 15 is 0 Å². The first-order valence-electron chi connectivity index (χ1n) is 10.00. The zero-order valence-electron chi connectivity index (χ0n) is 18.5. The van der Waals surface area contributed by atoms with E-state index in [4.69, 9.17) is 11.6 Å². The lowest BCUT2D eigenvalue weighted by molar-refractivity contribution is -0.116. The van der Waals surface area contributed by atoms with E-state index < -0.39 is 0 Å². The van der Waals surface area contributed by atoms with Crippen LogP contribution in [0.15, 0.2) is 23.4 Å². The predicted octanol–water partition coefficient (Wildman–Crippen LogP) is 4.54. The minimum absolute atomic E-state index is 0.135. The molecule has 0 radical (unpaired) electrons. The summed E-state index contributed by atoms with van der Waals surface area (Å²) in [6, 6.07) is 5.40. The van der Waals surface area contributed by atoms with Gasteiger partial charge < -0.3 is 15.2 Å². The summed E-state index contributed by atoms with van der Waals surface area (Å²) in [5.41, 5.74) is 2.52. The lowest BCUT2D eigenvalue weighted by Gasteiger charge is -2.10. The summed E-state index contributed by atoms with van der Waals surface area (Å²) >= 11 is 8.87. The van der Waals surface area contributed by atoms with Crippen LogP contribution in [0.2, 0.25) is 5.02 Å². The van der Waals surface area contributed by atoms with Crippen molar-refractivity contribution in [3.8, 4) is 0 Å². The normalized spacial score (nSPS) is 11.9. The number of hydrogen-bond donors (Lipinski definition) is 2. The predicted molar refractivity (Wildman–Crippen MR) is 130 cm³/mol. The third-order valence-corrected chi connectivity index (χ3v) is 7.40. The largest absolute Gasteiger partial charge is 0.326 e. The molecule has 3 rings (SSSR count). The van der Waals surface area contributed by atoms with Gasteiger partial charge >= 0.3 is 0 Å². The quantitative estimate of drug-likeness (QED) is 0.447. The van der Waals surface area contributed by atoms with Crippen LogP contribution in [0, 0.1) is 20.8 Å². The van der Waals surface area contributed by atoms with Crippen LogP contribution in [0.5, 0.6) is 0 Å². The highest BCUT2D eigenvalue weighted by Gasteiger charge is 2.20. The summed E-state index contributed by atoms with van der Waals surface area (Å²) in [6.07, 6.45) is 0.675. The van der Waals surface area contributed by atoms with E-state index in [1.807, 2.05) is 51.4 Å². The van der Waals surface area contributed by atoms with E-state index in [1.165, 1.54) is 23.1 Å². The van der Waals surface area contributed by atoms with Gasteiger partial charge in [0, 0.05) is 35.5 Å². The first-order valence-corrected chi connectivity index (χ1v) is 12.1. The molecular formula is C21H25ClN6O2S2. The fourth-order valence-corrected chi connectivity index (χ4v) is 4.56. The number of anilines is 2. The second-order valence-electron chi connectivity index (χ2n) is 7.38. The minimum atomic E-state index is -0.384. The standard InChI is InChI=1S/C21H25ClN6O2S2/c1-11-6-7-15(10-16(11)22)24-18(29)9-8-17-26-27-21(28(17)5)32-14(4)19(30)25-20-23-12(2)13(3)31-20/h6-7,10,14H,8-9H2,1-5H3,(H,24,29)(H,23,25,30). The van der Waals surface area contributed by atoms with Gasteiger partial charge in [-0.1, -0.05) is 29.4 Å². The highest BCUT2D eigenvalue weighted by molar-refractivity contribution is 8.00. The highest BCUT2D eigenvalue weighted by atomic mass is 35.5. The molecule has 0 saturated heterocycles. The number of aryl methyl sites for hydroxylation is 4. The van der Waals surface area contributed by atoms with Gasteiger partial charge in [0.05, 0.1) is 10.9 Å². The van der Waals surface area contributed by atoms with Crippen molar-refractivity contribution in [2.75, 3.05) is 10.6 Å². The monoisotopic (exact) mass is 492 g/mol. The maximum absolute atomic E-state index is 12.5. The summed E-state index contributed by atoms with van der Waals surface area (Å²) < 4.78 is 1.81. The Hall–Kier alpha value is -2.43. The first-order chi connectivity index (χ1) is 15.1. The molecule has 1 aromatic carbocycles. The lowest BCUT2D eigenvalue weighted by Crippen LogP contribution is -2.22. The van der Waals surface area contributed by atoms with Gasteiger partial charge in [0.2, 0.25) is 11.8 Å². The van der Waals surface area contributed by atoms with Crippen LogP contribution in [0.25, 0.3) is 0 Å². The topological polar surface area (TPSA) is 102 Å². The number of carbonyl (C=O) groups excluding carboxylic acids is 2. The molecule has 1 atom stereocenters. The number of rotatable bonds is 8.